The van der Waals surface area contributed by atoms with E-state index in [0.29, 0.717) is 13.2 Å². The van der Waals surface area contributed by atoms with Gasteiger partial charge in [0, 0.05) is 30.9 Å². The summed E-state index contributed by atoms with van der Waals surface area (Å²) in [5, 5.41) is 3.31. The fraction of sp³-hybridized carbons (Fsp3) is 0.500. The van der Waals surface area contributed by atoms with E-state index in [4.69, 9.17) is 9.47 Å². The summed E-state index contributed by atoms with van der Waals surface area (Å²) >= 11 is 0. The number of ether oxygens (including phenoxy) is 2. The van der Waals surface area contributed by atoms with Crippen molar-refractivity contribution in [2.75, 3.05) is 20.3 Å². The molecule has 0 bridgehead atoms. The number of aromatic nitrogens is 1. The molecule has 1 aromatic rings. The van der Waals surface area contributed by atoms with Crippen LogP contribution in [0.5, 0.6) is 5.75 Å². The highest BCUT2D eigenvalue weighted by Crippen LogP contribution is 2.12. The van der Waals surface area contributed by atoms with E-state index >= 15 is 0 Å². The minimum absolute atomic E-state index is 0.162. The highest BCUT2D eigenvalue weighted by atomic mass is 16.5. The van der Waals surface area contributed by atoms with E-state index in [9.17, 15) is 0 Å². The van der Waals surface area contributed by atoms with Crippen molar-refractivity contribution < 1.29 is 9.47 Å². The Morgan fingerprint density at radius 1 is 1.50 bits per heavy atom. The standard InChI is InChI=1S/C14H22N2O2/c1-5-6-18-12(3)9-15-10-13-8-14(17-4)7-11(2)16-13/h5,7-8,12,15H,1,6,9-10H2,2-4H3. The predicted molar refractivity (Wildman–Crippen MR) is 72.8 cm³/mol. The van der Waals surface area contributed by atoms with Crippen molar-refractivity contribution in [2.45, 2.75) is 26.5 Å². The molecule has 1 heterocycles. The topological polar surface area (TPSA) is 43.4 Å². The Morgan fingerprint density at radius 3 is 2.94 bits per heavy atom. The van der Waals surface area contributed by atoms with Crippen molar-refractivity contribution in [3.8, 4) is 5.75 Å². The lowest BCUT2D eigenvalue weighted by molar-refractivity contribution is 0.0877. The Bertz CT molecular complexity index is 380. The molecule has 0 aliphatic carbocycles. The number of hydrogen-bond donors (Lipinski definition) is 1. The van der Waals surface area contributed by atoms with E-state index in [1.165, 1.54) is 0 Å². The fourth-order valence-corrected chi connectivity index (χ4v) is 1.61. The quantitative estimate of drug-likeness (QED) is 0.717. The number of hydrogen-bond acceptors (Lipinski definition) is 4. The summed E-state index contributed by atoms with van der Waals surface area (Å²) < 4.78 is 10.7. The first-order chi connectivity index (χ1) is 8.65. The molecular weight excluding hydrogens is 228 g/mol. The maximum absolute atomic E-state index is 5.47. The van der Waals surface area contributed by atoms with Gasteiger partial charge < -0.3 is 14.8 Å². The molecule has 1 rings (SSSR count). The average molecular weight is 250 g/mol. The van der Waals surface area contributed by atoms with E-state index in [1.807, 2.05) is 26.0 Å². The third-order valence-corrected chi connectivity index (χ3v) is 2.45. The molecule has 0 aliphatic heterocycles. The molecule has 1 aromatic heterocycles. The van der Waals surface area contributed by atoms with Crippen molar-refractivity contribution in [3.05, 3.63) is 36.2 Å². The Hall–Kier alpha value is -1.39. The summed E-state index contributed by atoms with van der Waals surface area (Å²) in [6, 6.07) is 3.86. The van der Waals surface area contributed by atoms with Gasteiger partial charge in [-0.2, -0.15) is 0 Å². The second kappa shape index (κ2) is 7.84. The summed E-state index contributed by atoms with van der Waals surface area (Å²) in [7, 11) is 1.66. The average Bonchev–Trinajstić information content (AvgIpc) is 2.35. The van der Waals surface area contributed by atoms with E-state index in [1.54, 1.807) is 13.2 Å². The van der Waals surface area contributed by atoms with Crippen LogP contribution in [-0.4, -0.2) is 31.3 Å². The molecule has 0 spiro atoms. The number of rotatable bonds is 8. The minimum atomic E-state index is 0.162. The lowest BCUT2D eigenvalue weighted by Gasteiger charge is -2.13. The van der Waals surface area contributed by atoms with Crippen LogP contribution in [0.15, 0.2) is 24.8 Å². The SMILES string of the molecule is C=CCOC(C)CNCc1cc(OC)cc(C)n1. The van der Waals surface area contributed by atoms with E-state index in [0.717, 1.165) is 23.7 Å². The van der Waals surface area contributed by atoms with Crippen LogP contribution in [0.25, 0.3) is 0 Å². The van der Waals surface area contributed by atoms with Gasteiger partial charge in [0.2, 0.25) is 0 Å². The second-order valence-electron chi connectivity index (χ2n) is 4.20. The van der Waals surface area contributed by atoms with Crippen LogP contribution >= 0.6 is 0 Å². The van der Waals surface area contributed by atoms with Crippen molar-refractivity contribution in [3.63, 3.8) is 0 Å². The molecular formula is C14H22N2O2. The molecule has 0 amide bonds. The largest absolute Gasteiger partial charge is 0.497 e. The van der Waals surface area contributed by atoms with Gasteiger partial charge in [-0.1, -0.05) is 6.08 Å². The van der Waals surface area contributed by atoms with Crippen molar-refractivity contribution >= 4 is 0 Å². The molecule has 0 aromatic carbocycles. The first kappa shape index (κ1) is 14.7. The van der Waals surface area contributed by atoms with Gasteiger partial charge >= 0.3 is 0 Å². The summed E-state index contributed by atoms with van der Waals surface area (Å²) in [5.41, 5.74) is 1.94. The molecule has 18 heavy (non-hydrogen) atoms. The summed E-state index contributed by atoms with van der Waals surface area (Å²) in [6.07, 6.45) is 1.92. The number of pyridine rings is 1. The number of aryl methyl sites for hydroxylation is 1. The number of nitrogens with one attached hydrogen (secondary N) is 1. The minimum Gasteiger partial charge on any atom is -0.497 e. The molecule has 1 N–H and O–H groups in total. The van der Waals surface area contributed by atoms with Gasteiger partial charge in [0.25, 0.3) is 0 Å². The molecule has 1 atom stereocenters. The Labute approximate surface area is 109 Å². The monoisotopic (exact) mass is 250 g/mol. The highest BCUT2D eigenvalue weighted by Gasteiger charge is 2.03. The van der Waals surface area contributed by atoms with Crippen LogP contribution in [0.2, 0.25) is 0 Å². The van der Waals surface area contributed by atoms with Crippen LogP contribution in [-0.2, 0) is 11.3 Å². The van der Waals surface area contributed by atoms with E-state index in [2.05, 4.69) is 16.9 Å². The second-order valence-corrected chi connectivity index (χ2v) is 4.20. The van der Waals surface area contributed by atoms with Crippen LogP contribution in [0.3, 0.4) is 0 Å². The van der Waals surface area contributed by atoms with Gasteiger partial charge in [-0.25, -0.2) is 0 Å². The molecule has 0 saturated carbocycles. The highest BCUT2D eigenvalue weighted by molar-refractivity contribution is 5.26. The van der Waals surface area contributed by atoms with Gasteiger partial charge in [0.15, 0.2) is 0 Å². The summed E-state index contributed by atoms with van der Waals surface area (Å²) in [6.45, 7) is 9.68. The molecule has 0 aliphatic rings. The van der Waals surface area contributed by atoms with Gasteiger partial charge in [-0.05, 0) is 13.8 Å². The lowest BCUT2D eigenvalue weighted by Crippen LogP contribution is -2.27. The molecule has 1 unspecified atom stereocenters. The van der Waals surface area contributed by atoms with Crippen molar-refractivity contribution in [1.29, 1.82) is 0 Å². The van der Waals surface area contributed by atoms with Crippen LogP contribution in [0, 0.1) is 6.92 Å². The van der Waals surface area contributed by atoms with Crippen LogP contribution < -0.4 is 10.1 Å². The van der Waals surface area contributed by atoms with Crippen LogP contribution in [0.1, 0.15) is 18.3 Å². The third-order valence-electron chi connectivity index (χ3n) is 2.45. The van der Waals surface area contributed by atoms with Crippen molar-refractivity contribution in [1.82, 2.24) is 10.3 Å². The molecule has 4 nitrogen and oxygen atoms in total. The summed E-state index contributed by atoms with van der Waals surface area (Å²) in [5.74, 6) is 0.843. The zero-order chi connectivity index (χ0) is 13.4. The number of methoxy groups -OCH3 is 1. The molecule has 100 valence electrons. The van der Waals surface area contributed by atoms with E-state index in [-0.39, 0.29) is 6.10 Å². The maximum Gasteiger partial charge on any atom is 0.122 e. The molecule has 0 saturated heterocycles. The molecule has 0 fully saturated rings. The van der Waals surface area contributed by atoms with Crippen molar-refractivity contribution in [2.24, 2.45) is 0 Å². The lowest BCUT2D eigenvalue weighted by atomic mass is 10.3. The van der Waals surface area contributed by atoms with Gasteiger partial charge in [-0.3, -0.25) is 4.98 Å². The fourth-order valence-electron chi connectivity index (χ4n) is 1.61. The maximum atomic E-state index is 5.47. The molecule has 4 heteroatoms. The first-order valence-electron chi connectivity index (χ1n) is 6.10. The Kier molecular flexibility index (Phi) is 6.39. The predicted octanol–water partition coefficient (Wildman–Crippen LogP) is 2.08. The van der Waals surface area contributed by atoms with Gasteiger partial charge in [-0.15, -0.1) is 6.58 Å². The molecule has 0 radical (unpaired) electrons. The Balaban J connectivity index is 2.38. The zero-order valence-electron chi connectivity index (χ0n) is 11.4. The smallest absolute Gasteiger partial charge is 0.122 e. The van der Waals surface area contributed by atoms with Gasteiger partial charge in [0.1, 0.15) is 5.75 Å². The van der Waals surface area contributed by atoms with Crippen LogP contribution in [0.4, 0.5) is 0 Å². The zero-order valence-corrected chi connectivity index (χ0v) is 11.4. The summed E-state index contributed by atoms with van der Waals surface area (Å²) in [4.78, 5) is 4.44. The third kappa shape index (κ3) is 5.29. The first-order valence-corrected chi connectivity index (χ1v) is 6.10. The number of nitrogens with zero attached hydrogens (tertiary/aromatic N) is 1. The van der Waals surface area contributed by atoms with Gasteiger partial charge in [0.05, 0.1) is 25.5 Å². The Morgan fingerprint density at radius 2 is 2.28 bits per heavy atom. The van der Waals surface area contributed by atoms with E-state index < -0.39 is 0 Å². The normalized spacial score (nSPS) is 12.2.